The Morgan fingerprint density at radius 3 is 2.19 bits per heavy atom. The summed E-state index contributed by atoms with van der Waals surface area (Å²) in [6, 6.07) is 9.70. The number of carbonyl (C=O) groups excluding carboxylic acids is 1. The molecule has 0 aliphatic carbocycles. The van der Waals surface area contributed by atoms with E-state index in [2.05, 4.69) is 45.1 Å². The van der Waals surface area contributed by atoms with Gasteiger partial charge in [0.15, 0.2) is 0 Å². The molecule has 3 N–H and O–H groups in total. The van der Waals surface area contributed by atoms with E-state index < -0.39 is 0 Å². The highest BCUT2D eigenvalue weighted by Crippen LogP contribution is 2.38. The van der Waals surface area contributed by atoms with Crippen LogP contribution in [0.15, 0.2) is 30.3 Å². The molecule has 26 heavy (non-hydrogen) atoms. The van der Waals surface area contributed by atoms with E-state index in [0.29, 0.717) is 23.1 Å². The third-order valence-corrected chi connectivity index (χ3v) is 4.75. The van der Waals surface area contributed by atoms with E-state index in [1.807, 2.05) is 18.2 Å². The molecule has 4 heteroatoms. The lowest BCUT2D eigenvalue weighted by atomic mass is 9.90. The molecule has 0 saturated heterocycles. The monoisotopic (exact) mass is 350 g/mol. The lowest BCUT2D eigenvalue weighted by molar-refractivity contribution is -0.110. The largest absolute Gasteiger partial charge is 0.496 e. The molecule has 0 saturated carbocycles. The van der Waals surface area contributed by atoms with Gasteiger partial charge in [0.25, 0.3) is 5.91 Å². The first-order valence-electron chi connectivity index (χ1n) is 8.96. The van der Waals surface area contributed by atoms with Gasteiger partial charge in [0.1, 0.15) is 5.75 Å². The second-order valence-corrected chi connectivity index (χ2v) is 7.36. The molecular weight excluding hydrogens is 324 g/mol. The number of fused-ring (bicyclic) bond motifs is 1. The van der Waals surface area contributed by atoms with Crippen LogP contribution in [0.3, 0.4) is 0 Å². The standard InChI is InChI=1S/C22H26N2O2/c1-12(2)16-8-14(9-17(13(3)4)21(16)26-5)10-19-18-11-15(23)6-7-20(18)24-22(19)25/h6-13H,23H2,1-5H3,(H,24,25)/b19-10+. The van der Waals surface area contributed by atoms with Gasteiger partial charge in [-0.15, -0.1) is 0 Å². The Morgan fingerprint density at radius 2 is 1.65 bits per heavy atom. The molecule has 0 unspecified atom stereocenters. The maximum absolute atomic E-state index is 12.5. The molecule has 0 spiro atoms. The lowest BCUT2D eigenvalue weighted by Crippen LogP contribution is -2.04. The van der Waals surface area contributed by atoms with Crippen LogP contribution in [0.4, 0.5) is 11.4 Å². The molecule has 0 atom stereocenters. The van der Waals surface area contributed by atoms with E-state index in [-0.39, 0.29) is 5.91 Å². The van der Waals surface area contributed by atoms with Crippen molar-refractivity contribution in [2.24, 2.45) is 0 Å². The van der Waals surface area contributed by atoms with Crippen molar-refractivity contribution in [2.75, 3.05) is 18.2 Å². The summed E-state index contributed by atoms with van der Waals surface area (Å²) in [6.45, 7) is 8.60. The van der Waals surface area contributed by atoms with Gasteiger partial charge in [-0.25, -0.2) is 0 Å². The summed E-state index contributed by atoms with van der Waals surface area (Å²) >= 11 is 0. The predicted molar refractivity (Wildman–Crippen MR) is 109 cm³/mol. The van der Waals surface area contributed by atoms with Crippen LogP contribution in [0.25, 0.3) is 11.6 Å². The van der Waals surface area contributed by atoms with Crippen LogP contribution >= 0.6 is 0 Å². The van der Waals surface area contributed by atoms with Crippen molar-refractivity contribution in [1.29, 1.82) is 0 Å². The number of hydrogen-bond donors (Lipinski definition) is 2. The van der Waals surface area contributed by atoms with Crippen molar-refractivity contribution in [3.63, 3.8) is 0 Å². The van der Waals surface area contributed by atoms with Crippen LogP contribution in [-0.4, -0.2) is 13.0 Å². The summed E-state index contributed by atoms with van der Waals surface area (Å²) in [4.78, 5) is 12.5. The Labute approximate surface area is 155 Å². The number of carbonyl (C=O) groups is 1. The summed E-state index contributed by atoms with van der Waals surface area (Å²) in [6.07, 6.45) is 1.94. The first-order valence-corrected chi connectivity index (χ1v) is 8.96. The third kappa shape index (κ3) is 3.19. The van der Waals surface area contributed by atoms with Crippen molar-refractivity contribution < 1.29 is 9.53 Å². The van der Waals surface area contributed by atoms with Gasteiger partial charge in [-0.1, -0.05) is 27.7 Å². The highest BCUT2D eigenvalue weighted by atomic mass is 16.5. The second-order valence-electron chi connectivity index (χ2n) is 7.36. The molecule has 2 aromatic carbocycles. The van der Waals surface area contributed by atoms with Gasteiger partial charge in [-0.2, -0.15) is 0 Å². The summed E-state index contributed by atoms with van der Waals surface area (Å²) < 4.78 is 5.70. The molecule has 3 rings (SSSR count). The molecule has 1 amide bonds. The van der Waals surface area contributed by atoms with Gasteiger partial charge in [-0.3, -0.25) is 4.79 Å². The fraction of sp³-hybridized carbons (Fsp3) is 0.318. The Morgan fingerprint density at radius 1 is 1.04 bits per heavy atom. The number of ether oxygens (including phenoxy) is 1. The lowest BCUT2D eigenvalue weighted by Gasteiger charge is -2.19. The first-order chi connectivity index (χ1) is 12.3. The average molecular weight is 350 g/mol. The van der Waals surface area contributed by atoms with Gasteiger partial charge < -0.3 is 15.8 Å². The summed E-state index contributed by atoms with van der Waals surface area (Å²) in [5.74, 6) is 1.48. The molecular formula is C22H26N2O2. The maximum atomic E-state index is 12.5. The molecule has 0 fully saturated rings. The van der Waals surface area contributed by atoms with E-state index in [9.17, 15) is 4.79 Å². The number of nitrogen functional groups attached to an aromatic ring is 1. The topological polar surface area (TPSA) is 64.3 Å². The number of amides is 1. The number of benzene rings is 2. The molecule has 136 valence electrons. The minimum atomic E-state index is -0.0985. The SMILES string of the molecule is COc1c(C(C)C)cc(/C=C2/C(=O)Nc3ccc(N)cc32)cc1C(C)C. The van der Waals surface area contributed by atoms with Gasteiger partial charge in [0, 0.05) is 22.5 Å². The number of nitrogens with one attached hydrogen (secondary N) is 1. The summed E-state index contributed by atoms with van der Waals surface area (Å²) in [7, 11) is 1.72. The van der Waals surface area contributed by atoms with Crippen LogP contribution in [0.2, 0.25) is 0 Å². The minimum absolute atomic E-state index is 0.0985. The normalized spacial score (nSPS) is 14.9. The zero-order valence-electron chi connectivity index (χ0n) is 16.0. The van der Waals surface area contributed by atoms with Gasteiger partial charge in [0.05, 0.1) is 7.11 Å². The molecule has 4 nitrogen and oxygen atoms in total. The fourth-order valence-corrected chi connectivity index (χ4v) is 3.39. The maximum Gasteiger partial charge on any atom is 0.256 e. The van der Waals surface area contributed by atoms with Crippen molar-refractivity contribution >= 4 is 28.9 Å². The zero-order chi connectivity index (χ0) is 19.0. The minimum Gasteiger partial charge on any atom is -0.496 e. The van der Waals surface area contributed by atoms with Crippen LogP contribution in [0.1, 0.15) is 61.8 Å². The Hall–Kier alpha value is -2.75. The number of methoxy groups -OCH3 is 1. The van der Waals surface area contributed by atoms with Crippen molar-refractivity contribution in [2.45, 2.75) is 39.5 Å². The molecule has 0 aromatic heterocycles. The molecule has 2 aromatic rings. The van der Waals surface area contributed by atoms with Crippen molar-refractivity contribution in [3.8, 4) is 5.75 Å². The summed E-state index contributed by atoms with van der Waals surface area (Å²) in [5, 5.41) is 2.90. The van der Waals surface area contributed by atoms with E-state index in [1.54, 1.807) is 13.2 Å². The smallest absolute Gasteiger partial charge is 0.256 e. The molecule has 0 radical (unpaired) electrons. The Bertz CT molecular complexity index is 866. The molecule has 0 bridgehead atoms. The van der Waals surface area contributed by atoms with Gasteiger partial charge >= 0.3 is 0 Å². The van der Waals surface area contributed by atoms with Crippen LogP contribution in [0, 0.1) is 0 Å². The summed E-state index contributed by atoms with van der Waals surface area (Å²) in [5.41, 5.74) is 12.2. The van der Waals surface area contributed by atoms with Crippen LogP contribution < -0.4 is 15.8 Å². The van der Waals surface area contributed by atoms with E-state index >= 15 is 0 Å². The van der Waals surface area contributed by atoms with E-state index in [4.69, 9.17) is 10.5 Å². The Balaban J connectivity index is 2.18. The number of anilines is 2. The van der Waals surface area contributed by atoms with E-state index in [0.717, 1.165) is 33.7 Å². The van der Waals surface area contributed by atoms with Gasteiger partial charge in [-0.05, 0) is 64.9 Å². The number of nitrogens with two attached hydrogens (primary N) is 1. The predicted octanol–water partition coefficient (Wildman–Crippen LogP) is 5.02. The van der Waals surface area contributed by atoms with Crippen LogP contribution in [-0.2, 0) is 4.79 Å². The quantitative estimate of drug-likeness (QED) is 0.601. The van der Waals surface area contributed by atoms with E-state index in [1.165, 1.54) is 0 Å². The van der Waals surface area contributed by atoms with Crippen molar-refractivity contribution in [1.82, 2.24) is 0 Å². The van der Waals surface area contributed by atoms with Gasteiger partial charge in [0.2, 0.25) is 0 Å². The second kappa shape index (κ2) is 6.87. The molecule has 1 aliphatic heterocycles. The van der Waals surface area contributed by atoms with Crippen molar-refractivity contribution in [3.05, 3.63) is 52.6 Å². The Kier molecular flexibility index (Phi) is 4.77. The third-order valence-electron chi connectivity index (χ3n) is 4.75. The fourth-order valence-electron chi connectivity index (χ4n) is 3.39. The highest BCUT2D eigenvalue weighted by Gasteiger charge is 2.25. The zero-order valence-corrected chi connectivity index (χ0v) is 16.0. The first kappa shape index (κ1) is 18.1. The number of rotatable bonds is 4. The van der Waals surface area contributed by atoms with Crippen LogP contribution in [0.5, 0.6) is 5.75 Å². The molecule has 1 heterocycles. The molecule has 1 aliphatic rings. The highest BCUT2D eigenvalue weighted by molar-refractivity contribution is 6.35. The number of hydrogen-bond acceptors (Lipinski definition) is 3. The average Bonchev–Trinajstić information content (AvgIpc) is 2.89.